The molecule has 1 N–H and O–H groups in total. The third-order valence-electron chi connectivity index (χ3n) is 4.29. The molecule has 0 saturated carbocycles. The van der Waals surface area contributed by atoms with Gasteiger partial charge in [-0.3, -0.25) is 14.9 Å². The largest absolute Gasteiger partial charge is 0.465 e. The third kappa shape index (κ3) is 5.83. The van der Waals surface area contributed by atoms with Crippen molar-refractivity contribution in [3.05, 3.63) is 85.9 Å². The Morgan fingerprint density at radius 3 is 2.39 bits per heavy atom. The zero-order chi connectivity index (χ0) is 22.4. The number of thiazole rings is 1. The first-order valence-corrected chi connectivity index (χ1v) is 10.0. The summed E-state index contributed by atoms with van der Waals surface area (Å²) >= 11 is 1.36. The average molecular weight is 437 g/mol. The van der Waals surface area contributed by atoms with Crippen molar-refractivity contribution in [1.82, 2.24) is 4.98 Å². The van der Waals surface area contributed by atoms with Crippen LogP contribution in [0, 0.1) is 10.1 Å². The zero-order valence-electron chi connectivity index (χ0n) is 16.8. The van der Waals surface area contributed by atoms with Crippen LogP contribution in [-0.4, -0.2) is 28.9 Å². The van der Waals surface area contributed by atoms with Crippen LogP contribution in [0.4, 0.5) is 10.8 Å². The molecular formula is C22H19N3O5S. The predicted molar refractivity (Wildman–Crippen MR) is 119 cm³/mol. The van der Waals surface area contributed by atoms with E-state index < -0.39 is 10.9 Å². The first-order valence-electron chi connectivity index (χ1n) is 9.23. The third-order valence-corrected chi connectivity index (χ3v) is 5.27. The second kappa shape index (κ2) is 9.77. The molecule has 0 radical (unpaired) electrons. The normalized spacial score (nSPS) is 10.8. The van der Waals surface area contributed by atoms with Crippen LogP contribution in [0.25, 0.3) is 12.2 Å². The first-order chi connectivity index (χ1) is 14.9. The molecule has 3 aromatic rings. The van der Waals surface area contributed by atoms with Crippen molar-refractivity contribution in [2.45, 2.75) is 13.3 Å². The maximum atomic E-state index is 11.6. The van der Waals surface area contributed by atoms with E-state index in [2.05, 4.69) is 10.3 Å². The van der Waals surface area contributed by atoms with Gasteiger partial charge >= 0.3 is 5.97 Å². The summed E-state index contributed by atoms with van der Waals surface area (Å²) in [6, 6.07) is 13.3. The number of anilines is 1. The van der Waals surface area contributed by atoms with Crippen LogP contribution in [0.5, 0.6) is 0 Å². The molecule has 0 aliphatic heterocycles. The number of aromatic nitrogens is 1. The Balaban J connectivity index is 1.85. The smallest absolute Gasteiger partial charge is 0.337 e. The molecule has 0 atom stereocenters. The highest BCUT2D eigenvalue weighted by molar-refractivity contribution is 7.16. The summed E-state index contributed by atoms with van der Waals surface area (Å²) in [6.45, 7) is 1.42. The standard InChI is InChI=1S/C22H19N3O5S/c1-14(26)23-22-24-19(12-7-15-5-10-18(11-6-15)25(28)29)20(31-22)13-16-3-8-17(9-4-16)21(27)30-2/h3-12H,13H2,1-2H3,(H,23,24,26)/b12-7+. The second-order valence-corrected chi connectivity index (χ2v) is 7.64. The molecule has 8 nitrogen and oxygen atoms in total. The Morgan fingerprint density at radius 2 is 1.81 bits per heavy atom. The van der Waals surface area contributed by atoms with Gasteiger partial charge in [0.05, 0.1) is 23.3 Å². The number of nitro groups is 1. The molecule has 1 amide bonds. The summed E-state index contributed by atoms with van der Waals surface area (Å²) in [7, 11) is 1.33. The van der Waals surface area contributed by atoms with E-state index in [1.807, 2.05) is 12.1 Å². The zero-order valence-corrected chi connectivity index (χ0v) is 17.6. The molecule has 158 valence electrons. The van der Waals surface area contributed by atoms with Gasteiger partial charge in [-0.2, -0.15) is 0 Å². The first kappa shape index (κ1) is 21.8. The van der Waals surface area contributed by atoms with E-state index in [0.717, 1.165) is 16.0 Å². The van der Waals surface area contributed by atoms with Gasteiger partial charge in [0.25, 0.3) is 5.69 Å². The van der Waals surface area contributed by atoms with Crippen LogP contribution in [0.2, 0.25) is 0 Å². The number of carbonyl (C=O) groups excluding carboxylic acids is 2. The highest BCUT2D eigenvalue weighted by Gasteiger charge is 2.12. The fourth-order valence-electron chi connectivity index (χ4n) is 2.77. The summed E-state index contributed by atoms with van der Waals surface area (Å²) in [5.74, 6) is -0.613. The second-order valence-electron chi connectivity index (χ2n) is 6.56. The molecule has 31 heavy (non-hydrogen) atoms. The summed E-state index contributed by atoms with van der Waals surface area (Å²) in [5.41, 5.74) is 2.93. The topological polar surface area (TPSA) is 111 Å². The number of esters is 1. The molecule has 0 aliphatic carbocycles. The van der Waals surface area contributed by atoms with Crippen LogP contribution in [-0.2, 0) is 16.0 Å². The number of carbonyl (C=O) groups is 2. The van der Waals surface area contributed by atoms with Crippen LogP contribution < -0.4 is 5.32 Å². The number of nitrogens with zero attached hydrogens (tertiary/aromatic N) is 2. The Labute approximate surface area is 182 Å². The number of amides is 1. The van der Waals surface area contributed by atoms with Crippen molar-refractivity contribution in [1.29, 1.82) is 0 Å². The number of ether oxygens (including phenoxy) is 1. The van der Waals surface area contributed by atoms with E-state index in [0.29, 0.717) is 22.8 Å². The van der Waals surface area contributed by atoms with Crippen LogP contribution in [0.1, 0.15) is 39.0 Å². The fourth-order valence-corrected chi connectivity index (χ4v) is 3.80. The summed E-state index contributed by atoms with van der Waals surface area (Å²) < 4.78 is 4.71. The molecule has 0 bridgehead atoms. The number of benzene rings is 2. The van der Waals surface area contributed by atoms with Crippen LogP contribution in [0.15, 0.2) is 48.5 Å². The minimum Gasteiger partial charge on any atom is -0.465 e. The highest BCUT2D eigenvalue weighted by atomic mass is 32.1. The van der Waals surface area contributed by atoms with Crippen LogP contribution in [0.3, 0.4) is 0 Å². The van der Waals surface area contributed by atoms with Crippen molar-refractivity contribution in [2.24, 2.45) is 0 Å². The Hall–Kier alpha value is -3.85. The maximum absolute atomic E-state index is 11.6. The molecule has 1 heterocycles. The molecular weight excluding hydrogens is 418 g/mol. The van der Waals surface area contributed by atoms with Gasteiger partial charge in [0.2, 0.25) is 5.91 Å². The summed E-state index contributed by atoms with van der Waals surface area (Å²) in [4.78, 5) is 38.8. The van der Waals surface area contributed by atoms with E-state index in [1.165, 1.54) is 37.5 Å². The molecule has 0 saturated heterocycles. The van der Waals surface area contributed by atoms with Gasteiger partial charge in [0.15, 0.2) is 5.13 Å². The van der Waals surface area contributed by atoms with Gasteiger partial charge in [0.1, 0.15) is 0 Å². The lowest BCUT2D eigenvalue weighted by atomic mass is 10.1. The number of nitrogens with one attached hydrogen (secondary N) is 1. The van der Waals surface area contributed by atoms with Crippen molar-refractivity contribution >= 4 is 46.2 Å². The van der Waals surface area contributed by atoms with E-state index in [1.54, 1.807) is 36.4 Å². The lowest BCUT2D eigenvalue weighted by Gasteiger charge is -2.03. The monoisotopic (exact) mass is 437 g/mol. The van der Waals surface area contributed by atoms with E-state index >= 15 is 0 Å². The number of methoxy groups -OCH3 is 1. The van der Waals surface area contributed by atoms with Gasteiger partial charge in [-0.15, -0.1) is 11.3 Å². The molecule has 3 rings (SSSR count). The lowest BCUT2D eigenvalue weighted by Crippen LogP contribution is -2.04. The van der Waals surface area contributed by atoms with Crippen molar-refractivity contribution in [2.75, 3.05) is 12.4 Å². The molecule has 0 spiro atoms. The quantitative estimate of drug-likeness (QED) is 0.330. The number of hydrogen-bond donors (Lipinski definition) is 1. The summed E-state index contributed by atoms with van der Waals surface area (Å²) in [6.07, 6.45) is 4.17. The Kier molecular flexibility index (Phi) is 6.88. The molecule has 0 aliphatic rings. The van der Waals surface area contributed by atoms with Crippen molar-refractivity contribution in [3.63, 3.8) is 0 Å². The van der Waals surface area contributed by atoms with Gasteiger partial charge in [-0.25, -0.2) is 9.78 Å². The van der Waals surface area contributed by atoms with Gasteiger partial charge in [0, 0.05) is 30.4 Å². The number of hydrogen-bond acceptors (Lipinski definition) is 7. The van der Waals surface area contributed by atoms with Gasteiger partial charge in [-0.05, 0) is 41.5 Å². The predicted octanol–water partition coefficient (Wildman–Crippen LogP) is 4.56. The van der Waals surface area contributed by atoms with E-state index in [4.69, 9.17) is 4.74 Å². The van der Waals surface area contributed by atoms with Crippen molar-refractivity contribution < 1.29 is 19.2 Å². The minimum atomic E-state index is -0.447. The Bertz CT molecular complexity index is 1130. The maximum Gasteiger partial charge on any atom is 0.337 e. The molecule has 2 aromatic carbocycles. The number of nitro benzene ring substituents is 1. The molecule has 9 heteroatoms. The SMILES string of the molecule is COC(=O)c1ccc(Cc2sc(NC(C)=O)nc2/C=C/c2ccc([N+](=O)[O-])cc2)cc1. The lowest BCUT2D eigenvalue weighted by molar-refractivity contribution is -0.384. The minimum absolute atomic E-state index is 0.0230. The Morgan fingerprint density at radius 1 is 1.13 bits per heavy atom. The number of rotatable bonds is 7. The molecule has 0 unspecified atom stereocenters. The van der Waals surface area contributed by atoms with Gasteiger partial charge in [-0.1, -0.05) is 18.2 Å². The van der Waals surface area contributed by atoms with Crippen LogP contribution >= 0.6 is 11.3 Å². The van der Waals surface area contributed by atoms with E-state index in [9.17, 15) is 19.7 Å². The number of non-ortho nitro benzene ring substituents is 1. The average Bonchev–Trinajstić information content (AvgIpc) is 3.12. The molecule has 1 aromatic heterocycles. The van der Waals surface area contributed by atoms with Gasteiger partial charge < -0.3 is 10.1 Å². The van der Waals surface area contributed by atoms with E-state index in [-0.39, 0.29) is 11.6 Å². The summed E-state index contributed by atoms with van der Waals surface area (Å²) in [5, 5.41) is 14.0. The highest BCUT2D eigenvalue weighted by Crippen LogP contribution is 2.28. The van der Waals surface area contributed by atoms with Crippen molar-refractivity contribution in [3.8, 4) is 0 Å². The molecule has 0 fully saturated rings. The fraction of sp³-hybridized carbons (Fsp3) is 0.136.